The van der Waals surface area contributed by atoms with Crippen LogP contribution in [0.25, 0.3) is 11.0 Å². The lowest BCUT2D eigenvalue weighted by molar-refractivity contribution is -0.133. The Balaban J connectivity index is 2.63. The van der Waals surface area contributed by atoms with Gasteiger partial charge in [0.15, 0.2) is 5.16 Å². The molecule has 0 spiro atoms. The highest BCUT2D eigenvalue weighted by atomic mass is 35.5. The van der Waals surface area contributed by atoms with E-state index < -0.39 is 5.97 Å². The van der Waals surface area contributed by atoms with Crippen molar-refractivity contribution in [2.75, 3.05) is 5.75 Å². The third-order valence-electron chi connectivity index (χ3n) is 2.59. The zero-order valence-electron chi connectivity index (χ0n) is 11.0. The fraction of sp³-hybridized carbons (Fsp3) is 0.385. The van der Waals surface area contributed by atoms with Gasteiger partial charge in [-0.15, -0.1) is 0 Å². The zero-order valence-corrected chi connectivity index (χ0v) is 12.5. The van der Waals surface area contributed by atoms with Crippen LogP contribution in [0, 0.1) is 0 Å². The maximum absolute atomic E-state index is 10.7. The maximum Gasteiger partial charge on any atom is 0.313 e. The summed E-state index contributed by atoms with van der Waals surface area (Å²) in [6, 6.07) is 5.55. The summed E-state index contributed by atoms with van der Waals surface area (Å²) in [6.07, 6.45) is 0. The standard InChI is InChI=1S/C13H15ClN2O2S/c1-13(2,3)16-11-8(14)5-4-6-9(11)15-12(16)19-7-10(17)18/h4-6H,7H2,1-3H3,(H,17,18). The second-order valence-electron chi connectivity index (χ2n) is 5.19. The Hall–Kier alpha value is -1.20. The van der Waals surface area contributed by atoms with Crippen molar-refractivity contribution in [2.24, 2.45) is 0 Å². The average molecular weight is 299 g/mol. The van der Waals surface area contributed by atoms with Crippen LogP contribution in [0.15, 0.2) is 23.4 Å². The molecule has 0 aliphatic carbocycles. The number of carboxylic acids is 1. The molecule has 0 atom stereocenters. The van der Waals surface area contributed by atoms with Crippen molar-refractivity contribution in [3.63, 3.8) is 0 Å². The minimum absolute atomic E-state index is 0.0168. The first kappa shape index (κ1) is 14.2. The Kier molecular flexibility index (Phi) is 3.78. The number of benzene rings is 1. The van der Waals surface area contributed by atoms with E-state index in [1.54, 1.807) is 0 Å². The van der Waals surface area contributed by atoms with Gasteiger partial charge < -0.3 is 9.67 Å². The van der Waals surface area contributed by atoms with Crippen LogP contribution in [-0.4, -0.2) is 26.4 Å². The topological polar surface area (TPSA) is 55.1 Å². The van der Waals surface area contributed by atoms with Gasteiger partial charge in [-0.2, -0.15) is 0 Å². The predicted molar refractivity (Wildman–Crippen MR) is 78.1 cm³/mol. The van der Waals surface area contributed by atoms with Crippen molar-refractivity contribution in [2.45, 2.75) is 31.5 Å². The molecule has 1 N–H and O–H groups in total. The Morgan fingerprint density at radius 2 is 2.16 bits per heavy atom. The van der Waals surface area contributed by atoms with Gasteiger partial charge in [-0.3, -0.25) is 4.79 Å². The number of rotatable bonds is 3. The monoisotopic (exact) mass is 298 g/mol. The molecular formula is C13H15ClN2O2S. The highest BCUT2D eigenvalue weighted by molar-refractivity contribution is 7.99. The van der Waals surface area contributed by atoms with Gasteiger partial charge >= 0.3 is 5.97 Å². The molecule has 0 aliphatic rings. The number of carbonyl (C=O) groups is 1. The van der Waals surface area contributed by atoms with E-state index in [0.29, 0.717) is 10.2 Å². The van der Waals surface area contributed by atoms with Gasteiger partial charge in [-0.1, -0.05) is 29.4 Å². The van der Waals surface area contributed by atoms with Crippen molar-refractivity contribution in [3.05, 3.63) is 23.2 Å². The summed E-state index contributed by atoms with van der Waals surface area (Å²) in [5.41, 5.74) is 1.42. The van der Waals surface area contributed by atoms with Crippen LogP contribution >= 0.6 is 23.4 Å². The molecule has 0 saturated carbocycles. The van der Waals surface area contributed by atoms with Crippen LogP contribution in [0.4, 0.5) is 0 Å². The van der Waals surface area contributed by atoms with Crippen molar-refractivity contribution in [1.29, 1.82) is 0 Å². The van der Waals surface area contributed by atoms with E-state index in [2.05, 4.69) is 4.98 Å². The van der Waals surface area contributed by atoms with Gasteiger partial charge in [0.2, 0.25) is 0 Å². The predicted octanol–water partition coefficient (Wildman–Crippen LogP) is 3.62. The number of hydrogen-bond donors (Lipinski definition) is 1. The number of aliphatic carboxylic acids is 1. The van der Waals surface area contributed by atoms with E-state index in [9.17, 15) is 4.79 Å². The maximum atomic E-state index is 10.7. The number of aromatic nitrogens is 2. The SMILES string of the molecule is CC(C)(C)n1c(SCC(=O)O)nc2cccc(Cl)c21. The van der Waals surface area contributed by atoms with E-state index in [1.807, 2.05) is 43.5 Å². The molecule has 0 unspecified atom stereocenters. The van der Waals surface area contributed by atoms with Crippen molar-refractivity contribution >= 4 is 40.4 Å². The normalized spacial score (nSPS) is 12.0. The molecule has 1 aromatic carbocycles. The average Bonchev–Trinajstić information content (AvgIpc) is 2.65. The minimum atomic E-state index is -0.858. The van der Waals surface area contributed by atoms with E-state index in [1.165, 1.54) is 11.8 Å². The number of fused-ring (bicyclic) bond motifs is 1. The van der Waals surface area contributed by atoms with Crippen LogP contribution in [0.5, 0.6) is 0 Å². The first-order valence-electron chi connectivity index (χ1n) is 5.83. The third-order valence-corrected chi connectivity index (χ3v) is 3.82. The molecule has 1 aromatic heterocycles. The van der Waals surface area contributed by atoms with Crippen LogP contribution in [0.2, 0.25) is 5.02 Å². The first-order valence-corrected chi connectivity index (χ1v) is 7.19. The van der Waals surface area contributed by atoms with Gasteiger partial charge in [0, 0.05) is 5.54 Å². The lowest BCUT2D eigenvalue weighted by Crippen LogP contribution is -2.23. The molecule has 0 fully saturated rings. The molecule has 2 rings (SSSR count). The second kappa shape index (κ2) is 5.06. The van der Waals surface area contributed by atoms with Crippen LogP contribution in [-0.2, 0) is 10.3 Å². The van der Waals surface area contributed by atoms with Gasteiger partial charge in [-0.05, 0) is 32.9 Å². The molecule has 19 heavy (non-hydrogen) atoms. The molecule has 1 heterocycles. The molecule has 0 radical (unpaired) electrons. The van der Waals surface area contributed by atoms with Gasteiger partial charge in [0.25, 0.3) is 0 Å². The molecule has 102 valence electrons. The highest BCUT2D eigenvalue weighted by Gasteiger charge is 2.23. The van der Waals surface area contributed by atoms with Crippen LogP contribution in [0.3, 0.4) is 0 Å². The minimum Gasteiger partial charge on any atom is -0.481 e. The van der Waals surface area contributed by atoms with Gasteiger partial charge in [-0.25, -0.2) is 4.98 Å². The van der Waals surface area contributed by atoms with Crippen molar-refractivity contribution < 1.29 is 9.90 Å². The van der Waals surface area contributed by atoms with Gasteiger partial charge in [0.1, 0.15) is 0 Å². The molecule has 2 aromatic rings. The number of halogens is 1. The summed E-state index contributed by atoms with van der Waals surface area (Å²) in [5, 5.41) is 10.1. The molecule has 0 saturated heterocycles. The Morgan fingerprint density at radius 1 is 1.47 bits per heavy atom. The highest BCUT2D eigenvalue weighted by Crippen LogP contribution is 2.34. The summed E-state index contributed by atoms with van der Waals surface area (Å²) in [4.78, 5) is 15.2. The summed E-state index contributed by atoms with van der Waals surface area (Å²) >= 11 is 7.47. The number of para-hydroxylation sites is 1. The molecule has 4 nitrogen and oxygen atoms in total. The number of imidazole rings is 1. The number of nitrogens with zero attached hydrogens (tertiary/aromatic N) is 2. The van der Waals surface area contributed by atoms with Gasteiger partial charge in [0.05, 0.1) is 21.8 Å². The summed E-state index contributed by atoms with van der Waals surface area (Å²) in [5.74, 6) is -0.875. The number of thioether (sulfide) groups is 1. The fourth-order valence-corrected chi connectivity index (χ4v) is 3.07. The summed E-state index contributed by atoms with van der Waals surface area (Å²) in [7, 11) is 0. The first-order chi connectivity index (χ1) is 8.80. The largest absolute Gasteiger partial charge is 0.481 e. The molecule has 0 bridgehead atoms. The number of carboxylic acid groups (broad SMARTS) is 1. The third kappa shape index (κ3) is 2.87. The fourth-order valence-electron chi connectivity index (χ4n) is 1.91. The lowest BCUT2D eigenvalue weighted by atomic mass is 10.1. The smallest absolute Gasteiger partial charge is 0.313 e. The quantitative estimate of drug-likeness (QED) is 0.879. The Labute approximate surface area is 120 Å². The summed E-state index contributed by atoms with van der Waals surface area (Å²) in [6.45, 7) is 6.13. The summed E-state index contributed by atoms with van der Waals surface area (Å²) < 4.78 is 2.00. The molecular weight excluding hydrogens is 284 g/mol. The lowest BCUT2D eigenvalue weighted by Gasteiger charge is -2.24. The molecule has 6 heteroatoms. The van der Waals surface area contributed by atoms with Crippen molar-refractivity contribution in [3.8, 4) is 0 Å². The van der Waals surface area contributed by atoms with E-state index in [0.717, 1.165) is 11.0 Å². The zero-order chi connectivity index (χ0) is 14.2. The molecule has 0 amide bonds. The van der Waals surface area contributed by atoms with E-state index in [-0.39, 0.29) is 11.3 Å². The number of hydrogen-bond acceptors (Lipinski definition) is 3. The Bertz CT molecular complexity index is 631. The molecule has 0 aliphatic heterocycles. The van der Waals surface area contributed by atoms with Crippen LogP contribution in [0.1, 0.15) is 20.8 Å². The van der Waals surface area contributed by atoms with E-state index in [4.69, 9.17) is 16.7 Å². The Morgan fingerprint density at radius 3 is 2.74 bits per heavy atom. The van der Waals surface area contributed by atoms with E-state index >= 15 is 0 Å². The second-order valence-corrected chi connectivity index (χ2v) is 6.54. The van der Waals surface area contributed by atoms with Crippen LogP contribution < -0.4 is 0 Å². The van der Waals surface area contributed by atoms with Crippen molar-refractivity contribution in [1.82, 2.24) is 9.55 Å².